The van der Waals surface area contributed by atoms with Crippen LogP contribution in [0.2, 0.25) is 10.0 Å². The summed E-state index contributed by atoms with van der Waals surface area (Å²) in [5, 5.41) is 4.94. The van der Waals surface area contributed by atoms with Gasteiger partial charge in [-0.05, 0) is 37.0 Å². The molecule has 0 amide bonds. The van der Waals surface area contributed by atoms with E-state index in [1.54, 1.807) is 0 Å². The molecule has 1 aromatic carbocycles. The summed E-state index contributed by atoms with van der Waals surface area (Å²) in [7, 11) is 0. The van der Waals surface area contributed by atoms with Crippen LogP contribution in [-0.2, 0) is 0 Å². The molecule has 1 fully saturated rings. The Labute approximate surface area is 132 Å². The molecule has 4 heteroatoms. The van der Waals surface area contributed by atoms with Crippen molar-refractivity contribution in [3.8, 4) is 0 Å². The second-order valence-electron chi connectivity index (χ2n) is 6.05. The van der Waals surface area contributed by atoms with Crippen LogP contribution in [0.1, 0.15) is 33.6 Å². The number of hydrogen-bond acceptors (Lipinski definition) is 2. The summed E-state index contributed by atoms with van der Waals surface area (Å²) in [5.41, 5.74) is 1.18. The van der Waals surface area contributed by atoms with Crippen LogP contribution in [0.4, 0.5) is 5.69 Å². The maximum Gasteiger partial charge on any atom is 0.0612 e. The number of benzene rings is 1. The third-order valence-electron chi connectivity index (χ3n) is 3.96. The van der Waals surface area contributed by atoms with Crippen molar-refractivity contribution in [2.24, 2.45) is 5.92 Å². The minimum Gasteiger partial charge on any atom is -0.366 e. The van der Waals surface area contributed by atoms with Crippen molar-refractivity contribution in [2.45, 2.75) is 45.7 Å². The van der Waals surface area contributed by atoms with E-state index in [9.17, 15) is 0 Å². The first-order valence-electron chi connectivity index (χ1n) is 7.46. The maximum absolute atomic E-state index is 6.17. The lowest BCUT2D eigenvalue weighted by Gasteiger charge is -2.42. The van der Waals surface area contributed by atoms with Gasteiger partial charge in [-0.1, -0.05) is 44.0 Å². The predicted octanol–water partition coefficient (Wildman–Crippen LogP) is 4.60. The lowest BCUT2D eigenvalue weighted by atomic mass is 9.98. The highest BCUT2D eigenvalue weighted by molar-refractivity contribution is 6.42. The van der Waals surface area contributed by atoms with Crippen LogP contribution >= 0.6 is 23.2 Å². The monoisotopic (exact) mass is 314 g/mol. The van der Waals surface area contributed by atoms with Crippen molar-refractivity contribution in [2.75, 3.05) is 18.0 Å². The molecule has 0 aromatic heterocycles. The van der Waals surface area contributed by atoms with Gasteiger partial charge in [0.15, 0.2) is 0 Å². The topological polar surface area (TPSA) is 15.3 Å². The van der Waals surface area contributed by atoms with E-state index in [4.69, 9.17) is 23.2 Å². The highest BCUT2D eigenvalue weighted by Crippen LogP contribution is 2.30. The first-order chi connectivity index (χ1) is 9.51. The smallest absolute Gasteiger partial charge is 0.0612 e. The Morgan fingerprint density at radius 2 is 2.05 bits per heavy atom. The lowest BCUT2D eigenvalue weighted by molar-refractivity contribution is 0.343. The van der Waals surface area contributed by atoms with E-state index in [2.05, 4.69) is 37.1 Å². The Balaban J connectivity index is 2.17. The number of nitrogens with zero attached hydrogens (tertiary/aromatic N) is 1. The largest absolute Gasteiger partial charge is 0.366 e. The number of hydrogen-bond donors (Lipinski definition) is 1. The molecule has 1 aliphatic rings. The van der Waals surface area contributed by atoms with E-state index < -0.39 is 0 Å². The van der Waals surface area contributed by atoms with E-state index in [0.717, 1.165) is 19.5 Å². The molecule has 0 radical (unpaired) electrons. The van der Waals surface area contributed by atoms with E-state index in [1.807, 2.05) is 12.1 Å². The highest BCUT2D eigenvalue weighted by Gasteiger charge is 2.27. The molecule has 0 spiro atoms. The molecule has 2 unspecified atom stereocenters. The molecule has 2 rings (SSSR count). The van der Waals surface area contributed by atoms with Crippen molar-refractivity contribution in [1.29, 1.82) is 0 Å². The van der Waals surface area contributed by atoms with Gasteiger partial charge in [0.05, 0.1) is 10.0 Å². The molecule has 1 aliphatic heterocycles. The summed E-state index contributed by atoms with van der Waals surface area (Å²) in [6, 6.07) is 7.03. The molecule has 0 bridgehead atoms. The van der Waals surface area contributed by atoms with Crippen molar-refractivity contribution < 1.29 is 0 Å². The van der Waals surface area contributed by atoms with Gasteiger partial charge in [0.1, 0.15) is 0 Å². The minimum absolute atomic E-state index is 0.524. The van der Waals surface area contributed by atoms with Gasteiger partial charge in [-0.25, -0.2) is 0 Å². The molecule has 1 aromatic rings. The van der Waals surface area contributed by atoms with Crippen LogP contribution in [-0.4, -0.2) is 25.2 Å². The van der Waals surface area contributed by atoms with E-state index >= 15 is 0 Å². The van der Waals surface area contributed by atoms with Crippen molar-refractivity contribution in [1.82, 2.24) is 5.32 Å². The Morgan fingerprint density at radius 3 is 2.65 bits per heavy atom. The molecular weight excluding hydrogens is 291 g/mol. The average Bonchev–Trinajstić information content (AvgIpc) is 2.41. The molecule has 112 valence electrons. The molecule has 1 N–H and O–H groups in total. The Hall–Kier alpha value is -0.440. The van der Waals surface area contributed by atoms with Crippen molar-refractivity contribution in [3.05, 3.63) is 28.2 Å². The molecule has 1 saturated heterocycles. The van der Waals surface area contributed by atoms with Crippen LogP contribution in [0, 0.1) is 5.92 Å². The average molecular weight is 315 g/mol. The van der Waals surface area contributed by atoms with Gasteiger partial charge in [-0.3, -0.25) is 0 Å². The number of anilines is 1. The van der Waals surface area contributed by atoms with Crippen LogP contribution in [0.3, 0.4) is 0 Å². The first kappa shape index (κ1) is 15.9. The van der Waals surface area contributed by atoms with Crippen LogP contribution < -0.4 is 10.2 Å². The normalized spacial score (nSPS) is 23.4. The van der Waals surface area contributed by atoms with Crippen LogP contribution in [0.5, 0.6) is 0 Å². The van der Waals surface area contributed by atoms with E-state index in [-0.39, 0.29) is 0 Å². The Morgan fingerprint density at radius 1 is 1.30 bits per heavy atom. The third-order valence-corrected chi connectivity index (χ3v) is 4.70. The fraction of sp³-hybridized carbons (Fsp3) is 0.625. The quantitative estimate of drug-likeness (QED) is 0.874. The summed E-state index contributed by atoms with van der Waals surface area (Å²) in [6.07, 6.45) is 2.33. The van der Waals surface area contributed by atoms with Gasteiger partial charge in [-0.15, -0.1) is 0 Å². The van der Waals surface area contributed by atoms with Crippen molar-refractivity contribution >= 4 is 28.9 Å². The van der Waals surface area contributed by atoms with Crippen LogP contribution in [0.25, 0.3) is 0 Å². The van der Waals surface area contributed by atoms with Gasteiger partial charge in [0.25, 0.3) is 0 Å². The molecule has 2 atom stereocenters. The highest BCUT2D eigenvalue weighted by atomic mass is 35.5. The number of nitrogens with one attached hydrogen (secondary N) is 1. The zero-order valence-electron chi connectivity index (χ0n) is 12.5. The van der Waals surface area contributed by atoms with Gasteiger partial charge < -0.3 is 10.2 Å². The van der Waals surface area contributed by atoms with Crippen molar-refractivity contribution in [3.63, 3.8) is 0 Å². The standard InChI is InChI=1S/C16H24Cl2N2/c1-4-13-9-19-12(7-11(2)3)10-20(13)14-5-6-15(17)16(18)8-14/h5-6,8,11-13,19H,4,7,9-10H2,1-3H3. The van der Waals surface area contributed by atoms with E-state index in [0.29, 0.717) is 28.0 Å². The summed E-state index contributed by atoms with van der Waals surface area (Å²) < 4.78 is 0. The molecular formula is C16H24Cl2N2. The van der Waals surface area contributed by atoms with Gasteiger partial charge in [-0.2, -0.15) is 0 Å². The third kappa shape index (κ3) is 3.81. The van der Waals surface area contributed by atoms with Gasteiger partial charge in [0, 0.05) is 30.9 Å². The molecule has 2 nitrogen and oxygen atoms in total. The second-order valence-corrected chi connectivity index (χ2v) is 6.86. The van der Waals surface area contributed by atoms with Gasteiger partial charge in [0.2, 0.25) is 0 Å². The van der Waals surface area contributed by atoms with Crippen LogP contribution in [0.15, 0.2) is 18.2 Å². The number of piperazine rings is 1. The summed E-state index contributed by atoms with van der Waals surface area (Å²) in [4.78, 5) is 2.48. The molecule has 0 aliphatic carbocycles. The Bertz CT molecular complexity index is 448. The summed E-state index contributed by atoms with van der Waals surface area (Å²) in [5.74, 6) is 0.710. The second kappa shape index (κ2) is 7.02. The Kier molecular flexibility index (Phi) is 5.59. The van der Waals surface area contributed by atoms with Gasteiger partial charge >= 0.3 is 0 Å². The maximum atomic E-state index is 6.17. The molecule has 0 saturated carbocycles. The predicted molar refractivity (Wildman–Crippen MR) is 89.1 cm³/mol. The molecule has 1 heterocycles. The molecule has 20 heavy (non-hydrogen) atoms. The fourth-order valence-corrected chi connectivity index (χ4v) is 3.23. The lowest BCUT2D eigenvalue weighted by Crippen LogP contribution is -2.56. The summed E-state index contributed by atoms with van der Waals surface area (Å²) >= 11 is 12.2. The fourth-order valence-electron chi connectivity index (χ4n) is 2.94. The SMILES string of the molecule is CCC1CNC(CC(C)C)CN1c1ccc(Cl)c(Cl)c1. The minimum atomic E-state index is 0.524. The zero-order valence-corrected chi connectivity index (χ0v) is 14.0. The number of rotatable bonds is 4. The number of halogens is 2. The first-order valence-corrected chi connectivity index (χ1v) is 8.22. The summed E-state index contributed by atoms with van der Waals surface area (Å²) in [6.45, 7) is 8.86. The van der Waals surface area contributed by atoms with E-state index in [1.165, 1.54) is 12.1 Å². The zero-order chi connectivity index (χ0) is 14.7.